The minimum Gasteiger partial charge on any atom is -0.491 e. The number of nitrogens with one attached hydrogen (secondary N) is 1. The molecule has 0 saturated heterocycles. The maximum Gasteiger partial charge on any atom is 0.257 e. The fourth-order valence-electron chi connectivity index (χ4n) is 2.31. The highest BCUT2D eigenvalue weighted by Gasteiger charge is 2.33. The summed E-state index contributed by atoms with van der Waals surface area (Å²) in [5.74, 6) is -2.59. The van der Waals surface area contributed by atoms with Gasteiger partial charge in [0.25, 0.3) is 5.91 Å². The number of amides is 1. The van der Waals surface area contributed by atoms with Crippen molar-refractivity contribution in [2.45, 2.75) is 32.2 Å². The Morgan fingerprint density at radius 1 is 1.48 bits per heavy atom. The van der Waals surface area contributed by atoms with Gasteiger partial charge in [0.15, 0.2) is 11.6 Å². The number of ether oxygens (including phenoxy) is 1. The maximum atomic E-state index is 14.1. The molecule has 0 bridgehead atoms. The molecule has 0 spiro atoms. The molecule has 0 heterocycles. The lowest BCUT2D eigenvalue weighted by atomic mass is 10.1. The fraction of sp³-hybridized carbons (Fsp3) is 0.533. The molecule has 1 aromatic carbocycles. The highest BCUT2D eigenvalue weighted by atomic mass is 19.1. The van der Waals surface area contributed by atoms with Gasteiger partial charge in [-0.3, -0.25) is 4.79 Å². The second kappa shape index (κ2) is 6.85. The van der Waals surface area contributed by atoms with E-state index in [1.807, 2.05) is 0 Å². The van der Waals surface area contributed by atoms with Gasteiger partial charge in [0.2, 0.25) is 0 Å². The van der Waals surface area contributed by atoms with Gasteiger partial charge >= 0.3 is 0 Å². The average Bonchev–Trinajstić information content (AvgIpc) is 3.26. The van der Waals surface area contributed by atoms with Crippen LogP contribution >= 0.6 is 0 Å². The molecule has 6 heteroatoms. The van der Waals surface area contributed by atoms with Crippen LogP contribution in [-0.4, -0.2) is 30.3 Å². The van der Waals surface area contributed by atoms with E-state index < -0.39 is 23.1 Å². The van der Waals surface area contributed by atoms with E-state index in [0.29, 0.717) is 6.42 Å². The Morgan fingerprint density at radius 2 is 2.19 bits per heavy atom. The van der Waals surface area contributed by atoms with Gasteiger partial charge in [-0.15, -0.1) is 0 Å². The van der Waals surface area contributed by atoms with Crippen LogP contribution in [0.15, 0.2) is 12.1 Å². The Labute approximate surface area is 122 Å². The van der Waals surface area contributed by atoms with E-state index in [4.69, 9.17) is 9.84 Å². The van der Waals surface area contributed by atoms with E-state index in [9.17, 15) is 13.6 Å². The van der Waals surface area contributed by atoms with Crippen LogP contribution < -0.4 is 10.1 Å². The van der Waals surface area contributed by atoms with Crippen molar-refractivity contribution >= 4 is 5.91 Å². The summed E-state index contributed by atoms with van der Waals surface area (Å²) >= 11 is 0. The van der Waals surface area contributed by atoms with Crippen molar-refractivity contribution in [1.82, 2.24) is 5.32 Å². The molecule has 21 heavy (non-hydrogen) atoms. The summed E-state index contributed by atoms with van der Waals surface area (Å²) in [6, 6.07) is 1.93. The Morgan fingerprint density at radius 3 is 2.76 bits per heavy atom. The summed E-state index contributed by atoms with van der Waals surface area (Å²) in [7, 11) is 0. The number of rotatable bonds is 7. The van der Waals surface area contributed by atoms with Gasteiger partial charge in [0, 0.05) is 12.6 Å². The first-order chi connectivity index (χ1) is 10.1. The van der Waals surface area contributed by atoms with Gasteiger partial charge < -0.3 is 15.2 Å². The van der Waals surface area contributed by atoms with Crippen molar-refractivity contribution < 1.29 is 23.4 Å². The second-order valence-corrected chi connectivity index (χ2v) is 5.10. The first kappa shape index (κ1) is 15.7. The summed E-state index contributed by atoms with van der Waals surface area (Å²) in [6.45, 7) is 1.82. The summed E-state index contributed by atoms with van der Waals surface area (Å²) < 4.78 is 33.0. The van der Waals surface area contributed by atoms with E-state index in [2.05, 4.69) is 5.32 Å². The predicted molar refractivity (Wildman–Crippen MR) is 73.2 cm³/mol. The van der Waals surface area contributed by atoms with Crippen molar-refractivity contribution in [2.24, 2.45) is 5.92 Å². The molecule has 2 N–H and O–H groups in total. The van der Waals surface area contributed by atoms with Crippen LogP contribution in [-0.2, 0) is 0 Å². The minimum atomic E-state index is -0.993. The van der Waals surface area contributed by atoms with Crippen LogP contribution in [0.2, 0.25) is 0 Å². The first-order valence-electron chi connectivity index (χ1n) is 7.11. The zero-order valence-electron chi connectivity index (χ0n) is 11.9. The molecular formula is C15H19F2NO3. The molecular weight excluding hydrogens is 280 g/mol. The lowest BCUT2D eigenvalue weighted by Gasteiger charge is -2.18. The Bertz CT molecular complexity index is 518. The summed E-state index contributed by atoms with van der Waals surface area (Å²) in [4.78, 5) is 12.1. The molecule has 0 radical (unpaired) electrons. The summed E-state index contributed by atoms with van der Waals surface area (Å²) in [5, 5.41) is 11.6. The van der Waals surface area contributed by atoms with Crippen LogP contribution in [0.25, 0.3) is 0 Å². The lowest BCUT2D eigenvalue weighted by molar-refractivity contribution is 0.0914. The fourth-order valence-corrected chi connectivity index (χ4v) is 2.31. The third-order valence-electron chi connectivity index (χ3n) is 3.53. The highest BCUT2D eigenvalue weighted by molar-refractivity contribution is 5.95. The van der Waals surface area contributed by atoms with Gasteiger partial charge in [-0.2, -0.15) is 0 Å². The molecule has 1 saturated carbocycles. The zero-order valence-corrected chi connectivity index (χ0v) is 11.9. The number of carbonyl (C=O) groups is 1. The number of hydrogen-bond donors (Lipinski definition) is 2. The second-order valence-electron chi connectivity index (χ2n) is 5.10. The molecule has 0 aliphatic heterocycles. The Kier molecular flexibility index (Phi) is 5.12. The highest BCUT2D eigenvalue weighted by Crippen LogP contribution is 2.34. The van der Waals surface area contributed by atoms with Crippen LogP contribution in [0, 0.1) is 17.6 Å². The number of hydrogen-bond acceptors (Lipinski definition) is 3. The SMILES string of the molecule is CCOc1ccc(F)c(C(=O)NC(CCO)C2CC2)c1F. The zero-order chi connectivity index (χ0) is 15.4. The predicted octanol–water partition coefficient (Wildman–Crippen LogP) is 2.25. The number of aliphatic hydroxyl groups is 1. The number of halogens is 2. The van der Waals surface area contributed by atoms with E-state index >= 15 is 0 Å². The van der Waals surface area contributed by atoms with E-state index in [1.54, 1.807) is 6.92 Å². The quantitative estimate of drug-likeness (QED) is 0.812. The minimum absolute atomic E-state index is 0.0780. The molecule has 1 fully saturated rings. The van der Waals surface area contributed by atoms with Crippen LogP contribution in [0.1, 0.15) is 36.5 Å². The molecule has 2 rings (SSSR count). The van der Waals surface area contributed by atoms with Gasteiger partial charge in [0.1, 0.15) is 11.4 Å². The summed E-state index contributed by atoms with van der Waals surface area (Å²) in [5.41, 5.74) is -0.635. The van der Waals surface area contributed by atoms with E-state index in [1.165, 1.54) is 0 Å². The number of carbonyl (C=O) groups excluding carboxylic acids is 1. The monoisotopic (exact) mass is 299 g/mol. The largest absolute Gasteiger partial charge is 0.491 e. The van der Waals surface area contributed by atoms with Crippen LogP contribution in [0.5, 0.6) is 5.75 Å². The molecule has 0 aromatic heterocycles. The average molecular weight is 299 g/mol. The maximum absolute atomic E-state index is 14.1. The normalized spacial score (nSPS) is 15.6. The number of benzene rings is 1. The van der Waals surface area contributed by atoms with Gasteiger partial charge in [-0.05, 0) is 44.2 Å². The van der Waals surface area contributed by atoms with Crippen molar-refractivity contribution in [3.8, 4) is 5.75 Å². The van der Waals surface area contributed by atoms with E-state index in [0.717, 1.165) is 25.0 Å². The third kappa shape index (κ3) is 3.69. The first-order valence-corrected chi connectivity index (χ1v) is 7.11. The van der Waals surface area contributed by atoms with E-state index in [-0.39, 0.29) is 30.9 Å². The topological polar surface area (TPSA) is 58.6 Å². The molecule has 116 valence electrons. The van der Waals surface area contributed by atoms with Crippen molar-refractivity contribution in [2.75, 3.05) is 13.2 Å². The van der Waals surface area contributed by atoms with Gasteiger partial charge in [0.05, 0.1) is 6.61 Å². The third-order valence-corrected chi connectivity index (χ3v) is 3.53. The standard InChI is InChI=1S/C15H19F2NO3/c1-2-21-12-6-5-10(16)13(14(12)17)15(20)18-11(7-8-19)9-3-4-9/h5-6,9,11,19H,2-4,7-8H2,1H3,(H,18,20). The molecule has 4 nitrogen and oxygen atoms in total. The smallest absolute Gasteiger partial charge is 0.257 e. The van der Waals surface area contributed by atoms with Crippen molar-refractivity contribution in [3.63, 3.8) is 0 Å². The Hall–Kier alpha value is -1.69. The molecule has 1 aliphatic rings. The lowest BCUT2D eigenvalue weighted by Crippen LogP contribution is -2.38. The molecule has 1 aromatic rings. The van der Waals surface area contributed by atoms with Crippen molar-refractivity contribution in [1.29, 1.82) is 0 Å². The molecule has 1 amide bonds. The molecule has 1 aliphatic carbocycles. The number of aliphatic hydroxyl groups excluding tert-OH is 1. The van der Waals surface area contributed by atoms with Gasteiger partial charge in [-0.25, -0.2) is 8.78 Å². The molecule has 1 atom stereocenters. The van der Waals surface area contributed by atoms with Crippen molar-refractivity contribution in [3.05, 3.63) is 29.3 Å². The van der Waals surface area contributed by atoms with Crippen LogP contribution in [0.3, 0.4) is 0 Å². The van der Waals surface area contributed by atoms with Crippen LogP contribution in [0.4, 0.5) is 8.78 Å². The van der Waals surface area contributed by atoms with Gasteiger partial charge in [-0.1, -0.05) is 0 Å². The Balaban J connectivity index is 2.19. The summed E-state index contributed by atoms with van der Waals surface area (Å²) in [6.07, 6.45) is 2.29. The molecule has 1 unspecified atom stereocenters.